The molecule has 5 nitrogen and oxygen atoms in total. The highest BCUT2D eigenvalue weighted by atomic mass is 19.1. The van der Waals surface area contributed by atoms with Crippen LogP contribution >= 0.6 is 0 Å². The quantitative estimate of drug-likeness (QED) is 0.850. The van der Waals surface area contributed by atoms with Gasteiger partial charge in [-0.1, -0.05) is 17.7 Å². The van der Waals surface area contributed by atoms with Gasteiger partial charge in [-0.3, -0.25) is 4.79 Å². The number of nitrogens with one attached hydrogen (secondary N) is 1. The van der Waals surface area contributed by atoms with Crippen molar-refractivity contribution in [2.24, 2.45) is 0 Å². The van der Waals surface area contributed by atoms with Crippen molar-refractivity contribution in [1.29, 1.82) is 0 Å². The summed E-state index contributed by atoms with van der Waals surface area (Å²) in [6.45, 7) is 2.93. The van der Waals surface area contributed by atoms with Crippen LogP contribution in [0, 0.1) is 19.7 Å². The Labute approximate surface area is 132 Å². The fourth-order valence-electron chi connectivity index (χ4n) is 1.94. The Hall–Kier alpha value is -2.89. The van der Waals surface area contributed by atoms with Crippen molar-refractivity contribution in [3.05, 3.63) is 58.9 Å². The molecule has 0 bridgehead atoms. The van der Waals surface area contributed by atoms with Crippen LogP contribution in [0.3, 0.4) is 0 Å². The molecule has 1 amide bonds. The monoisotopic (exact) mass is 317 g/mol. The first-order valence-corrected chi connectivity index (χ1v) is 6.89. The standard InChI is InChI=1S/C17H16FNO4/c1-10-3-6-15(20)13(7-10)17(22)23-9-16(21)19-14-8-12(18)5-4-11(14)2/h3-8,20H,9H2,1-2H3,(H,19,21). The third kappa shape index (κ3) is 4.29. The lowest BCUT2D eigenvalue weighted by Crippen LogP contribution is -2.21. The van der Waals surface area contributed by atoms with E-state index in [2.05, 4.69) is 5.32 Å². The van der Waals surface area contributed by atoms with Gasteiger partial charge in [-0.2, -0.15) is 0 Å². The minimum absolute atomic E-state index is 0.0141. The number of hydrogen-bond donors (Lipinski definition) is 2. The molecule has 0 atom stereocenters. The maximum atomic E-state index is 13.2. The van der Waals surface area contributed by atoms with E-state index in [-0.39, 0.29) is 11.3 Å². The second kappa shape index (κ2) is 6.91. The third-order valence-electron chi connectivity index (χ3n) is 3.18. The van der Waals surface area contributed by atoms with Crippen LogP contribution in [0.2, 0.25) is 0 Å². The highest BCUT2D eigenvalue weighted by Gasteiger charge is 2.15. The van der Waals surface area contributed by atoms with E-state index < -0.39 is 24.3 Å². The van der Waals surface area contributed by atoms with Crippen molar-refractivity contribution in [3.8, 4) is 5.75 Å². The lowest BCUT2D eigenvalue weighted by Gasteiger charge is -2.10. The molecule has 0 unspecified atom stereocenters. The lowest BCUT2D eigenvalue weighted by atomic mass is 10.1. The van der Waals surface area contributed by atoms with Gasteiger partial charge in [-0.25, -0.2) is 9.18 Å². The second-order valence-corrected chi connectivity index (χ2v) is 5.10. The summed E-state index contributed by atoms with van der Waals surface area (Å²) in [5.74, 6) is -2.11. The van der Waals surface area contributed by atoms with E-state index >= 15 is 0 Å². The Kier molecular flexibility index (Phi) is 4.95. The fraction of sp³-hybridized carbons (Fsp3) is 0.176. The van der Waals surface area contributed by atoms with Gasteiger partial charge in [0.05, 0.1) is 0 Å². The minimum Gasteiger partial charge on any atom is -0.507 e. The van der Waals surface area contributed by atoms with E-state index in [1.807, 2.05) is 0 Å². The van der Waals surface area contributed by atoms with Crippen LogP contribution in [0.1, 0.15) is 21.5 Å². The van der Waals surface area contributed by atoms with Gasteiger partial charge in [0.2, 0.25) is 0 Å². The molecule has 120 valence electrons. The van der Waals surface area contributed by atoms with Crippen molar-refractivity contribution < 1.29 is 23.8 Å². The molecule has 2 rings (SSSR count). The van der Waals surface area contributed by atoms with Crippen molar-refractivity contribution in [2.45, 2.75) is 13.8 Å². The van der Waals surface area contributed by atoms with Gasteiger partial charge in [0, 0.05) is 5.69 Å². The molecule has 0 fully saturated rings. The molecule has 0 aliphatic carbocycles. The van der Waals surface area contributed by atoms with Crippen LogP contribution in [-0.2, 0) is 9.53 Å². The maximum Gasteiger partial charge on any atom is 0.342 e. The third-order valence-corrected chi connectivity index (χ3v) is 3.18. The van der Waals surface area contributed by atoms with Gasteiger partial charge in [-0.05, 0) is 43.7 Å². The van der Waals surface area contributed by atoms with Gasteiger partial charge in [0.1, 0.15) is 17.1 Å². The first-order valence-electron chi connectivity index (χ1n) is 6.89. The van der Waals surface area contributed by atoms with Crippen molar-refractivity contribution in [2.75, 3.05) is 11.9 Å². The molecule has 23 heavy (non-hydrogen) atoms. The topological polar surface area (TPSA) is 75.6 Å². The number of phenolic OH excluding ortho intramolecular Hbond substituents is 1. The van der Waals surface area contributed by atoms with E-state index in [1.165, 1.54) is 30.3 Å². The number of benzene rings is 2. The smallest absolute Gasteiger partial charge is 0.342 e. The zero-order valence-corrected chi connectivity index (χ0v) is 12.7. The Bertz CT molecular complexity index is 758. The predicted octanol–water partition coefficient (Wildman–Crippen LogP) is 2.94. The number of aryl methyl sites for hydroxylation is 2. The number of phenols is 1. The number of ether oxygens (including phenoxy) is 1. The number of aromatic hydroxyl groups is 1. The van der Waals surface area contributed by atoms with E-state index in [1.54, 1.807) is 19.9 Å². The average molecular weight is 317 g/mol. The van der Waals surface area contributed by atoms with Gasteiger partial charge in [-0.15, -0.1) is 0 Å². The molecular weight excluding hydrogens is 301 g/mol. The maximum absolute atomic E-state index is 13.2. The van der Waals surface area contributed by atoms with Crippen molar-refractivity contribution in [3.63, 3.8) is 0 Å². The Balaban J connectivity index is 1.97. The molecule has 0 radical (unpaired) electrons. The molecule has 2 aromatic rings. The predicted molar refractivity (Wildman–Crippen MR) is 82.9 cm³/mol. The van der Waals surface area contributed by atoms with Gasteiger partial charge in [0.15, 0.2) is 6.61 Å². The molecule has 2 aromatic carbocycles. The Morgan fingerprint density at radius 2 is 1.91 bits per heavy atom. The Morgan fingerprint density at radius 3 is 2.65 bits per heavy atom. The Morgan fingerprint density at radius 1 is 1.17 bits per heavy atom. The summed E-state index contributed by atoms with van der Waals surface area (Å²) in [5.41, 5.74) is 1.75. The summed E-state index contributed by atoms with van der Waals surface area (Å²) >= 11 is 0. The van der Waals surface area contributed by atoms with E-state index in [9.17, 15) is 19.1 Å². The molecular formula is C17H16FNO4. The van der Waals surface area contributed by atoms with E-state index in [4.69, 9.17) is 4.74 Å². The number of carbonyl (C=O) groups is 2. The number of carbonyl (C=O) groups excluding carboxylic acids is 2. The van der Waals surface area contributed by atoms with Crippen LogP contribution < -0.4 is 5.32 Å². The number of esters is 1. The molecule has 0 saturated heterocycles. The van der Waals surface area contributed by atoms with Crippen LogP contribution in [-0.4, -0.2) is 23.6 Å². The number of rotatable bonds is 4. The molecule has 6 heteroatoms. The van der Waals surface area contributed by atoms with Crippen molar-refractivity contribution >= 4 is 17.6 Å². The number of halogens is 1. The molecule has 0 saturated carbocycles. The largest absolute Gasteiger partial charge is 0.507 e. The first kappa shape index (κ1) is 16.5. The molecule has 0 heterocycles. The summed E-state index contributed by atoms with van der Waals surface area (Å²) in [6, 6.07) is 8.48. The zero-order valence-electron chi connectivity index (χ0n) is 12.7. The molecule has 2 N–H and O–H groups in total. The van der Waals surface area contributed by atoms with E-state index in [0.29, 0.717) is 11.3 Å². The molecule has 0 spiro atoms. The first-order chi connectivity index (χ1) is 10.9. The number of anilines is 1. The molecule has 0 aliphatic heterocycles. The summed E-state index contributed by atoms with van der Waals surface area (Å²) in [7, 11) is 0. The van der Waals surface area contributed by atoms with Gasteiger partial charge >= 0.3 is 5.97 Å². The van der Waals surface area contributed by atoms with Gasteiger partial charge < -0.3 is 15.2 Å². The summed E-state index contributed by atoms with van der Waals surface area (Å²) < 4.78 is 18.0. The van der Waals surface area contributed by atoms with Crippen LogP contribution in [0.15, 0.2) is 36.4 Å². The van der Waals surface area contributed by atoms with Crippen LogP contribution in [0.25, 0.3) is 0 Å². The van der Waals surface area contributed by atoms with Crippen molar-refractivity contribution in [1.82, 2.24) is 0 Å². The average Bonchev–Trinajstić information content (AvgIpc) is 2.51. The SMILES string of the molecule is Cc1ccc(O)c(C(=O)OCC(=O)Nc2cc(F)ccc2C)c1. The summed E-state index contributed by atoms with van der Waals surface area (Å²) in [5, 5.41) is 12.1. The zero-order chi connectivity index (χ0) is 17.0. The minimum atomic E-state index is -0.808. The lowest BCUT2D eigenvalue weighted by molar-refractivity contribution is -0.119. The van der Waals surface area contributed by atoms with Gasteiger partial charge in [0.25, 0.3) is 5.91 Å². The molecule has 0 aliphatic rings. The highest BCUT2D eigenvalue weighted by molar-refractivity contribution is 5.97. The number of hydrogen-bond acceptors (Lipinski definition) is 4. The highest BCUT2D eigenvalue weighted by Crippen LogP contribution is 2.19. The van der Waals surface area contributed by atoms with E-state index in [0.717, 1.165) is 5.56 Å². The number of amides is 1. The summed E-state index contributed by atoms with van der Waals surface area (Å²) in [6.07, 6.45) is 0. The molecule has 0 aromatic heterocycles. The summed E-state index contributed by atoms with van der Waals surface area (Å²) in [4.78, 5) is 23.7. The second-order valence-electron chi connectivity index (χ2n) is 5.10. The normalized spacial score (nSPS) is 10.2. The van der Waals surface area contributed by atoms with Crippen LogP contribution in [0.5, 0.6) is 5.75 Å². The van der Waals surface area contributed by atoms with Crippen LogP contribution in [0.4, 0.5) is 10.1 Å². The fourth-order valence-corrected chi connectivity index (χ4v) is 1.94.